The number of hydrogen-bond acceptors (Lipinski definition) is 5. The van der Waals surface area contributed by atoms with Gasteiger partial charge in [-0.25, -0.2) is 13.4 Å². The van der Waals surface area contributed by atoms with Crippen LogP contribution < -0.4 is 15.4 Å². The van der Waals surface area contributed by atoms with Crippen molar-refractivity contribution in [3.63, 3.8) is 0 Å². The average Bonchev–Trinajstić information content (AvgIpc) is 2.66. The number of likely N-dealkylation sites (tertiary alicyclic amines) is 1. The van der Waals surface area contributed by atoms with Gasteiger partial charge in [0, 0.05) is 38.5 Å². The fourth-order valence-electron chi connectivity index (χ4n) is 3.10. The molecular formula is C20H35IN4O3S. The highest BCUT2D eigenvalue weighted by molar-refractivity contribution is 14.0. The maximum absolute atomic E-state index is 11.3. The van der Waals surface area contributed by atoms with Crippen LogP contribution in [0.15, 0.2) is 35.3 Å². The Kier molecular flexibility index (Phi) is 11.9. The molecule has 1 atom stereocenters. The van der Waals surface area contributed by atoms with E-state index in [1.54, 1.807) is 0 Å². The van der Waals surface area contributed by atoms with Crippen molar-refractivity contribution in [1.82, 2.24) is 15.5 Å². The lowest BCUT2D eigenvalue weighted by Gasteiger charge is -2.33. The first kappa shape index (κ1) is 26.0. The summed E-state index contributed by atoms with van der Waals surface area (Å²) in [5.41, 5.74) is 0. The van der Waals surface area contributed by atoms with Crippen LogP contribution in [0.25, 0.3) is 0 Å². The van der Waals surface area contributed by atoms with E-state index < -0.39 is 9.84 Å². The van der Waals surface area contributed by atoms with Crippen LogP contribution in [0.3, 0.4) is 0 Å². The molecular weight excluding hydrogens is 503 g/mol. The van der Waals surface area contributed by atoms with Crippen LogP contribution in [0.5, 0.6) is 5.75 Å². The van der Waals surface area contributed by atoms with E-state index in [4.69, 9.17) is 4.74 Å². The SMILES string of the molecule is CCNC(=NCC(C)Oc1ccccc1)NC1CCN(CCS(C)(=O)=O)CC1.I. The fourth-order valence-corrected chi connectivity index (χ4v) is 3.69. The summed E-state index contributed by atoms with van der Waals surface area (Å²) in [7, 11) is -2.90. The van der Waals surface area contributed by atoms with Crippen LogP contribution in [-0.4, -0.2) is 76.2 Å². The molecule has 1 unspecified atom stereocenters. The molecule has 0 aliphatic carbocycles. The number of sulfone groups is 1. The second kappa shape index (κ2) is 13.3. The van der Waals surface area contributed by atoms with E-state index >= 15 is 0 Å². The van der Waals surface area contributed by atoms with Crippen molar-refractivity contribution in [2.45, 2.75) is 38.8 Å². The molecule has 1 heterocycles. The van der Waals surface area contributed by atoms with Gasteiger partial charge in [-0.15, -0.1) is 24.0 Å². The normalized spacial score (nSPS) is 17.3. The van der Waals surface area contributed by atoms with Crippen molar-refractivity contribution in [1.29, 1.82) is 0 Å². The standard InChI is InChI=1S/C20H34N4O3S.HI/c1-4-21-20(22-16-17(2)27-19-8-6-5-7-9-19)23-18-10-12-24(13-11-18)14-15-28(3,25)26;/h5-9,17-18H,4,10-16H2,1-3H3,(H2,21,22,23);1H. The third-order valence-corrected chi connectivity index (χ3v) is 5.56. The summed E-state index contributed by atoms with van der Waals surface area (Å²) in [6.45, 7) is 7.86. The van der Waals surface area contributed by atoms with Gasteiger partial charge in [0.1, 0.15) is 21.7 Å². The number of nitrogens with one attached hydrogen (secondary N) is 2. The first-order valence-electron chi connectivity index (χ1n) is 10.0. The van der Waals surface area contributed by atoms with Crippen molar-refractivity contribution in [3.05, 3.63) is 30.3 Å². The smallest absolute Gasteiger partial charge is 0.191 e. The van der Waals surface area contributed by atoms with Crippen LogP contribution in [0.1, 0.15) is 26.7 Å². The van der Waals surface area contributed by atoms with Crippen molar-refractivity contribution >= 4 is 39.8 Å². The molecule has 1 saturated heterocycles. The van der Waals surface area contributed by atoms with Gasteiger partial charge in [0.2, 0.25) is 0 Å². The summed E-state index contributed by atoms with van der Waals surface area (Å²) in [6.07, 6.45) is 3.23. The number of rotatable bonds is 9. The molecule has 9 heteroatoms. The van der Waals surface area contributed by atoms with Crippen LogP contribution in [0.4, 0.5) is 0 Å². The number of halogens is 1. The average molecular weight is 538 g/mol. The number of ether oxygens (including phenoxy) is 1. The molecule has 1 aromatic rings. The van der Waals surface area contributed by atoms with Gasteiger partial charge in [-0.2, -0.15) is 0 Å². The predicted molar refractivity (Wildman–Crippen MR) is 130 cm³/mol. The zero-order valence-corrected chi connectivity index (χ0v) is 20.8. The number of piperidine rings is 1. The monoisotopic (exact) mass is 538 g/mol. The van der Waals surface area contributed by atoms with E-state index in [1.165, 1.54) is 6.26 Å². The van der Waals surface area contributed by atoms with Gasteiger partial charge in [0.05, 0.1) is 12.3 Å². The van der Waals surface area contributed by atoms with Gasteiger partial charge in [0.15, 0.2) is 5.96 Å². The lowest BCUT2D eigenvalue weighted by molar-refractivity contribution is 0.215. The van der Waals surface area contributed by atoms with E-state index in [9.17, 15) is 8.42 Å². The number of guanidine groups is 1. The lowest BCUT2D eigenvalue weighted by Crippen LogP contribution is -2.49. The molecule has 0 spiro atoms. The first-order valence-corrected chi connectivity index (χ1v) is 12.1. The maximum atomic E-state index is 11.3. The summed E-state index contributed by atoms with van der Waals surface area (Å²) in [5, 5.41) is 6.80. The van der Waals surface area contributed by atoms with Crippen molar-refractivity contribution in [2.75, 3.05) is 44.7 Å². The molecule has 29 heavy (non-hydrogen) atoms. The van der Waals surface area contributed by atoms with Crippen LogP contribution in [0, 0.1) is 0 Å². The van der Waals surface area contributed by atoms with Gasteiger partial charge in [0.25, 0.3) is 0 Å². The highest BCUT2D eigenvalue weighted by Gasteiger charge is 2.20. The molecule has 0 aromatic heterocycles. The molecule has 1 aromatic carbocycles. The molecule has 0 saturated carbocycles. The Hall–Kier alpha value is -1.07. The molecule has 0 amide bonds. The van der Waals surface area contributed by atoms with Gasteiger partial charge < -0.3 is 20.3 Å². The van der Waals surface area contributed by atoms with Crippen molar-refractivity contribution < 1.29 is 13.2 Å². The molecule has 0 radical (unpaired) electrons. The van der Waals surface area contributed by atoms with E-state index in [1.807, 2.05) is 37.3 Å². The highest BCUT2D eigenvalue weighted by Crippen LogP contribution is 2.12. The number of benzene rings is 1. The largest absolute Gasteiger partial charge is 0.489 e. The minimum absolute atomic E-state index is 0. The Labute approximate surface area is 192 Å². The minimum atomic E-state index is -2.90. The fraction of sp³-hybridized carbons (Fsp3) is 0.650. The molecule has 0 bridgehead atoms. The van der Waals surface area contributed by atoms with E-state index in [-0.39, 0.29) is 35.8 Å². The highest BCUT2D eigenvalue weighted by atomic mass is 127. The number of aliphatic imine (C=N–C) groups is 1. The quantitative estimate of drug-likeness (QED) is 0.285. The van der Waals surface area contributed by atoms with Gasteiger partial charge in [-0.3, -0.25) is 0 Å². The van der Waals surface area contributed by atoms with Gasteiger partial charge in [-0.1, -0.05) is 18.2 Å². The maximum Gasteiger partial charge on any atom is 0.191 e. The zero-order valence-electron chi connectivity index (χ0n) is 17.6. The molecule has 2 N–H and O–H groups in total. The second-order valence-corrected chi connectivity index (χ2v) is 9.61. The van der Waals surface area contributed by atoms with Crippen LogP contribution in [-0.2, 0) is 9.84 Å². The Morgan fingerprint density at radius 2 is 1.93 bits per heavy atom. The number of nitrogens with zero attached hydrogens (tertiary/aromatic N) is 2. The van der Waals surface area contributed by atoms with Crippen molar-refractivity contribution in [2.24, 2.45) is 4.99 Å². The van der Waals surface area contributed by atoms with Gasteiger partial charge in [-0.05, 0) is 38.8 Å². The Morgan fingerprint density at radius 1 is 1.28 bits per heavy atom. The second-order valence-electron chi connectivity index (χ2n) is 7.35. The van der Waals surface area contributed by atoms with E-state index in [0.29, 0.717) is 19.1 Å². The Morgan fingerprint density at radius 3 is 2.52 bits per heavy atom. The first-order chi connectivity index (χ1) is 13.4. The summed E-state index contributed by atoms with van der Waals surface area (Å²) < 4.78 is 28.5. The third kappa shape index (κ3) is 11.0. The lowest BCUT2D eigenvalue weighted by atomic mass is 10.1. The summed E-state index contributed by atoms with van der Waals surface area (Å²) in [6, 6.07) is 10.1. The van der Waals surface area contributed by atoms with E-state index in [2.05, 4.69) is 27.4 Å². The van der Waals surface area contributed by atoms with Gasteiger partial charge >= 0.3 is 0 Å². The third-order valence-electron chi connectivity index (χ3n) is 4.64. The molecule has 1 fully saturated rings. The van der Waals surface area contributed by atoms with E-state index in [0.717, 1.165) is 44.2 Å². The molecule has 2 rings (SSSR count). The topological polar surface area (TPSA) is 83.0 Å². The number of para-hydroxylation sites is 1. The number of hydrogen-bond donors (Lipinski definition) is 2. The predicted octanol–water partition coefficient (Wildman–Crippen LogP) is 2.14. The molecule has 7 nitrogen and oxygen atoms in total. The van der Waals surface area contributed by atoms with Crippen LogP contribution >= 0.6 is 24.0 Å². The zero-order chi connectivity index (χ0) is 20.4. The molecule has 1 aliphatic heterocycles. The summed E-state index contributed by atoms with van der Waals surface area (Å²) in [4.78, 5) is 6.89. The molecule has 166 valence electrons. The summed E-state index contributed by atoms with van der Waals surface area (Å²) in [5.74, 6) is 1.89. The summed E-state index contributed by atoms with van der Waals surface area (Å²) >= 11 is 0. The minimum Gasteiger partial charge on any atom is -0.489 e. The van der Waals surface area contributed by atoms with Crippen LogP contribution in [0.2, 0.25) is 0 Å². The Bertz CT molecular complexity index is 708. The Balaban J connectivity index is 0.00000420. The van der Waals surface area contributed by atoms with Crippen molar-refractivity contribution in [3.8, 4) is 5.75 Å². The molecule has 1 aliphatic rings.